The summed E-state index contributed by atoms with van der Waals surface area (Å²) in [5, 5.41) is 3.04. The molecule has 0 unspecified atom stereocenters. The van der Waals surface area contributed by atoms with Gasteiger partial charge in [0.05, 0.1) is 11.2 Å². The van der Waals surface area contributed by atoms with Crippen molar-refractivity contribution in [2.45, 2.75) is 4.90 Å². The molecule has 0 saturated carbocycles. The number of sulfonamides is 1. The molecule has 1 aromatic heterocycles. The number of hydrogen-bond donors (Lipinski definition) is 2. The Morgan fingerprint density at radius 2 is 1.67 bits per heavy atom. The molecule has 27 heavy (non-hydrogen) atoms. The highest BCUT2D eigenvalue weighted by molar-refractivity contribution is 7.92. The lowest BCUT2D eigenvalue weighted by molar-refractivity contribution is 0.102. The maximum absolute atomic E-state index is 12.7. The van der Waals surface area contributed by atoms with Crippen LogP contribution in [0.15, 0.2) is 66.0 Å². The van der Waals surface area contributed by atoms with E-state index < -0.39 is 15.9 Å². The van der Waals surface area contributed by atoms with Crippen LogP contribution in [0, 0.1) is 0 Å². The minimum absolute atomic E-state index is 0.00830. The number of hydrogen-bond acceptors (Lipinski definition) is 5. The molecule has 138 valence electrons. The summed E-state index contributed by atoms with van der Waals surface area (Å²) in [5.41, 5.74) is 0.659. The molecule has 0 atom stereocenters. The van der Waals surface area contributed by atoms with E-state index in [2.05, 4.69) is 20.0 Å². The molecule has 7 nitrogen and oxygen atoms in total. The minimum atomic E-state index is -3.98. The standard InChI is InChI=1S/C17H12Cl2N4O3S/c18-11-1-3-12(4-2-11)23-27(25,26)16-9-13(5-6-14(16)19)22-17(24)15-10-20-7-8-21-15/h1-10,23H,(H,22,24). The van der Waals surface area contributed by atoms with Gasteiger partial charge >= 0.3 is 0 Å². The fourth-order valence-corrected chi connectivity index (χ4v) is 3.84. The number of nitrogens with one attached hydrogen (secondary N) is 2. The second kappa shape index (κ2) is 7.91. The number of halogens is 2. The normalized spacial score (nSPS) is 11.0. The first-order valence-electron chi connectivity index (χ1n) is 7.50. The van der Waals surface area contributed by atoms with Crippen molar-refractivity contribution in [1.82, 2.24) is 9.97 Å². The molecule has 0 spiro atoms. The number of carbonyl (C=O) groups excluding carboxylic acids is 1. The van der Waals surface area contributed by atoms with Gasteiger partial charge in [-0.15, -0.1) is 0 Å². The number of carbonyl (C=O) groups is 1. The van der Waals surface area contributed by atoms with Crippen LogP contribution >= 0.6 is 23.2 Å². The smallest absolute Gasteiger partial charge is 0.275 e. The minimum Gasteiger partial charge on any atom is -0.321 e. The van der Waals surface area contributed by atoms with Crippen LogP contribution < -0.4 is 10.0 Å². The molecule has 10 heteroatoms. The van der Waals surface area contributed by atoms with E-state index in [0.717, 1.165) is 0 Å². The molecule has 0 aliphatic rings. The van der Waals surface area contributed by atoms with Crippen molar-refractivity contribution in [2.75, 3.05) is 10.0 Å². The van der Waals surface area contributed by atoms with Crippen LogP contribution in [0.2, 0.25) is 10.0 Å². The maximum Gasteiger partial charge on any atom is 0.275 e. The molecule has 0 aliphatic heterocycles. The lowest BCUT2D eigenvalue weighted by Crippen LogP contribution is -2.16. The van der Waals surface area contributed by atoms with Crippen LogP contribution in [0.3, 0.4) is 0 Å². The average Bonchev–Trinajstić information content (AvgIpc) is 2.65. The highest BCUT2D eigenvalue weighted by atomic mass is 35.5. The largest absolute Gasteiger partial charge is 0.321 e. The van der Waals surface area contributed by atoms with Crippen molar-refractivity contribution in [3.8, 4) is 0 Å². The summed E-state index contributed by atoms with van der Waals surface area (Å²) in [7, 11) is -3.98. The first kappa shape index (κ1) is 19.1. The van der Waals surface area contributed by atoms with Gasteiger partial charge in [0.1, 0.15) is 10.6 Å². The van der Waals surface area contributed by atoms with Gasteiger partial charge in [-0.05, 0) is 42.5 Å². The van der Waals surface area contributed by atoms with Crippen molar-refractivity contribution in [1.29, 1.82) is 0 Å². The number of rotatable bonds is 5. The van der Waals surface area contributed by atoms with Crippen LogP contribution in [-0.4, -0.2) is 24.3 Å². The van der Waals surface area contributed by atoms with Crippen molar-refractivity contribution in [2.24, 2.45) is 0 Å². The number of nitrogens with zero attached hydrogens (tertiary/aromatic N) is 2. The zero-order valence-electron chi connectivity index (χ0n) is 13.6. The lowest BCUT2D eigenvalue weighted by atomic mass is 10.3. The summed E-state index contributed by atoms with van der Waals surface area (Å²) >= 11 is 11.8. The van der Waals surface area contributed by atoms with E-state index in [1.807, 2.05) is 0 Å². The Labute approximate surface area is 165 Å². The number of amides is 1. The van der Waals surface area contributed by atoms with E-state index in [1.165, 1.54) is 48.9 Å². The van der Waals surface area contributed by atoms with Gasteiger partial charge < -0.3 is 5.32 Å². The van der Waals surface area contributed by atoms with Crippen LogP contribution in [0.1, 0.15) is 10.5 Å². The zero-order valence-corrected chi connectivity index (χ0v) is 15.9. The van der Waals surface area contributed by atoms with Crippen molar-refractivity contribution in [3.63, 3.8) is 0 Å². The molecule has 0 bridgehead atoms. The Morgan fingerprint density at radius 3 is 2.33 bits per heavy atom. The van der Waals surface area contributed by atoms with E-state index in [4.69, 9.17) is 23.2 Å². The SMILES string of the molecule is O=C(Nc1ccc(Cl)c(S(=O)(=O)Nc2ccc(Cl)cc2)c1)c1cnccn1. The Morgan fingerprint density at radius 1 is 0.963 bits per heavy atom. The molecular formula is C17H12Cl2N4O3S. The van der Waals surface area contributed by atoms with Gasteiger partial charge in [-0.25, -0.2) is 13.4 Å². The molecule has 0 aliphatic carbocycles. The fraction of sp³-hybridized carbons (Fsp3) is 0. The van der Waals surface area contributed by atoms with Gasteiger partial charge in [0, 0.05) is 28.8 Å². The quantitative estimate of drug-likeness (QED) is 0.650. The van der Waals surface area contributed by atoms with E-state index in [1.54, 1.807) is 12.1 Å². The second-order valence-corrected chi connectivity index (χ2v) is 7.80. The van der Waals surface area contributed by atoms with Gasteiger partial charge in [-0.3, -0.25) is 14.5 Å². The predicted molar refractivity (Wildman–Crippen MR) is 104 cm³/mol. The summed E-state index contributed by atoms with van der Waals surface area (Å²) in [6, 6.07) is 10.3. The summed E-state index contributed by atoms with van der Waals surface area (Å²) in [5.74, 6) is -0.528. The molecule has 2 aromatic carbocycles. The molecule has 3 aromatic rings. The van der Waals surface area contributed by atoms with E-state index in [9.17, 15) is 13.2 Å². The summed E-state index contributed by atoms with van der Waals surface area (Å²) < 4.78 is 27.7. The van der Waals surface area contributed by atoms with E-state index >= 15 is 0 Å². The molecule has 1 amide bonds. The van der Waals surface area contributed by atoms with Crippen molar-refractivity contribution < 1.29 is 13.2 Å². The van der Waals surface area contributed by atoms with Crippen LogP contribution in [0.4, 0.5) is 11.4 Å². The summed E-state index contributed by atoms with van der Waals surface area (Å²) in [4.78, 5) is 19.7. The Hall–Kier alpha value is -2.68. The molecule has 2 N–H and O–H groups in total. The van der Waals surface area contributed by atoms with Gasteiger partial charge in [-0.1, -0.05) is 23.2 Å². The van der Waals surface area contributed by atoms with E-state index in [-0.39, 0.29) is 21.3 Å². The third-order valence-corrected chi connectivity index (χ3v) is 5.49. The highest BCUT2D eigenvalue weighted by Gasteiger charge is 2.19. The molecule has 0 fully saturated rings. The fourth-order valence-electron chi connectivity index (χ4n) is 2.13. The van der Waals surface area contributed by atoms with E-state index in [0.29, 0.717) is 10.7 Å². The van der Waals surface area contributed by atoms with Crippen molar-refractivity contribution >= 4 is 50.5 Å². The Balaban J connectivity index is 1.86. The first-order valence-corrected chi connectivity index (χ1v) is 9.74. The third-order valence-electron chi connectivity index (χ3n) is 3.37. The maximum atomic E-state index is 12.7. The van der Waals surface area contributed by atoms with Crippen LogP contribution in [-0.2, 0) is 10.0 Å². The zero-order chi connectivity index (χ0) is 19.4. The molecule has 3 rings (SSSR count). The molecule has 1 heterocycles. The van der Waals surface area contributed by atoms with Crippen LogP contribution in [0.5, 0.6) is 0 Å². The van der Waals surface area contributed by atoms with Crippen LogP contribution in [0.25, 0.3) is 0 Å². The lowest BCUT2D eigenvalue weighted by Gasteiger charge is -2.12. The van der Waals surface area contributed by atoms with Gasteiger partial charge in [0.15, 0.2) is 0 Å². The third kappa shape index (κ3) is 4.73. The summed E-state index contributed by atoms with van der Waals surface area (Å²) in [6.45, 7) is 0. The second-order valence-electron chi connectivity index (χ2n) is 5.30. The number of benzene rings is 2. The van der Waals surface area contributed by atoms with Gasteiger partial charge in [0.2, 0.25) is 0 Å². The summed E-state index contributed by atoms with van der Waals surface area (Å²) in [6.07, 6.45) is 4.11. The highest BCUT2D eigenvalue weighted by Crippen LogP contribution is 2.27. The van der Waals surface area contributed by atoms with Gasteiger partial charge in [0.25, 0.3) is 15.9 Å². The molecule has 0 radical (unpaired) electrons. The Bertz CT molecular complexity index is 1080. The van der Waals surface area contributed by atoms with Crippen molar-refractivity contribution in [3.05, 3.63) is 76.8 Å². The average molecular weight is 423 g/mol. The Kier molecular flexibility index (Phi) is 5.59. The first-order chi connectivity index (χ1) is 12.8. The topological polar surface area (TPSA) is 101 Å². The number of aromatic nitrogens is 2. The van der Waals surface area contributed by atoms with Gasteiger partial charge in [-0.2, -0.15) is 0 Å². The monoisotopic (exact) mass is 422 g/mol. The predicted octanol–water partition coefficient (Wildman–Crippen LogP) is 3.84. The number of anilines is 2. The molecule has 0 saturated heterocycles. The molecular weight excluding hydrogens is 411 g/mol.